The van der Waals surface area contributed by atoms with Gasteiger partial charge >= 0.3 is 63.8 Å². The van der Waals surface area contributed by atoms with E-state index in [1.807, 2.05) is 97.9 Å². The molecule has 0 fully saturated rings. The zero-order valence-corrected chi connectivity index (χ0v) is 78.5. The fourth-order valence-electron chi connectivity index (χ4n) is 14.3. The number of fused-ring (bicyclic) bond motifs is 7. The van der Waals surface area contributed by atoms with Crippen LogP contribution in [0.1, 0.15) is 5.69 Å². The van der Waals surface area contributed by atoms with E-state index in [0.29, 0.717) is 29.7 Å². The standard InChI is InChI=1S/C36H24N2.C16H11N2.C12H12NO.C12H10O.3C11H6F2N.CH4BP.Al.ClH.Ir.Pt/c1-5-13-33-29(9-1)30-10-2-6-14-34(30)37(33)27-21-17-25(18-22-27)26-19-23-28(24-20-26)38-35-15-7-3-11-31(35)32-12-4-8-16-36(32)38;1-3-10-17-15(8-1)13-6-5-7-14(12-13)16-9-2-4-11-18-16;1-3-14-11-6-4-5-10-8-7-9(2)13-12(10)11;13-12-8-6-11(7-9-12)10-4-2-1-3-5-10;3*12-8-4-5-9(10(13)7-8)11-3-1-2-6-14-11;2-1-3;;;;/h1-24H;1-11H;4-8H,1,3H2,2H3;1-9,13H;3*1-4,6-7H;1,3H2;;1H;;/q;-1;;;3*-1;;+1;;+3;+2/p-2. The minimum atomic E-state index is -0.649. The average molecular weight is 2150 g/mol. The summed E-state index contributed by atoms with van der Waals surface area (Å²) in [6.45, 7) is 2.63. The largest absolute Gasteiger partial charge is 3.00 e. The molecule has 0 aliphatic heterocycles. The van der Waals surface area contributed by atoms with E-state index in [1.165, 1.54) is 77.2 Å². The van der Waals surface area contributed by atoms with E-state index in [0.717, 1.165) is 92.3 Å². The van der Waals surface area contributed by atoms with Gasteiger partial charge in [-0.05, 0) is 155 Å². The SMILES string of the molecule is Cc1ccc2cccc(OC[CH2][Al][O]c3ccc(-c4ccccc4)cc3)c2n1.Fc1c[c-]c(-c2ccccn2)c(F)c1.Fc1c[c-]c(-c2ccccn2)c(F)c1.Fc1c[c-]c(-c2ccccn2)c(F)c1.[B]CP.[Cl][Pt+].[Ir+3].[c-]1c(-c2ccccn2)cccc1-c1ccccn1.c1ccc2c(c1)c1ccccc1n2-c1ccc(-c2ccc(-n3c4ccccc4c4ccccc43)cc2)cc1. The fraction of sp³-hybridized carbons (Fsp3) is 0.0364. The molecule has 0 aliphatic rings. The molecule has 0 saturated carbocycles. The van der Waals surface area contributed by atoms with Crippen LogP contribution in [0.15, 0.2) is 407 Å². The number of aryl methyl sites for hydroxylation is 1. The molecule has 0 N–H and O–H groups in total. The van der Waals surface area contributed by atoms with Crippen molar-refractivity contribution in [1.82, 2.24) is 39.0 Å². The molecule has 8 aromatic heterocycles. The molecule has 1 unspecified atom stereocenters. The van der Waals surface area contributed by atoms with E-state index < -0.39 is 34.9 Å². The molecule has 21 aromatic rings. The number of hydrogen-bond donors (Lipinski definition) is 0. The second-order valence-electron chi connectivity index (χ2n) is 28.8. The molecule has 22 heteroatoms. The summed E-state index contributed by atoms with van der Waals surface area (Å²) < 4.78 is 94.0. The molecular weight excluding hydrogens is 2070 g/mol. The maximum absolute atomic E-state index is 13.2. The molecule has 0 bridgehead atoms. The summed E-state index contributed by atoms with van der Waals surface area (Å²) >= 11 is 1.45. The Bertz CT molecular complexity index is 6730. The van der Waals surface area contributed by atoms with Gasteiger partial charge in [0.2, 0.25) is 0 Å². The van der Waals surface area contributed by atoms with E-state index in [-0.39, 0.29) is 52.3 Å². The summed E-state index contributed by atoms with van der Waals surface area (Å²) in [7, 11) is 11.8. The Labute approximate surface area is 801 Å². The first-order valence-electron chi connectivity index (χ1n) is 41.3. The van der Waals surface area contributed by atoms with Gasteiger partial charge in [-0.25, -0.2) is 4.98 Å². The van der Waals surface area contributed by atoms with Gasteiger partial charge in [0.15, 0.2) is 0 Å². The number of para-hydroxylation sites is 5. The Kier molecular flexibility index (Phi) is 35.6. The zero-order chi connectivity index (χ0) is 91.1. The maximum Gasteiger partial charge on any atom is 3.00 e. The molecule has 0 spiro atoms. The second kappa shape index (κ2) is 48.9. The number of rotatable bonds is 15. The van der Waals surface area contributed by atoms with Gasteiger partial charge in [0.05, 0.1) is 42.3 Å². The number of pyridine rings is 6. The monoisotopic (exact) mass is 2150 g/mol. The maximum atomic E-state index is 13.2. The predicted octanol–water partition coefficient (Wildman–Crippen LogP) is 28.0. The Morgan fingerprint density at radius 1 is 0.379 bits per heavy atom. The van der Waals surface area contributed by atoms with Crippen molar-refractivity contribution in [1.29, 1.82) is 0 Å². The van der Waals surface area contributed by atoms with Crippen molar-refractivity contribution in [2.24, 2.45) is 0 Å². The van der Waals surface area contributed by atoms with Gasteiger partial charge in [-0.2, -0.15) is 0 Å². The number of nitrogens with zero attached hydrogens (tertiary/aromatic N) is 8. The molecule has 3 radical (unpaired) electrons. The molecule has 132 heavy (non-hydrogen) atoms. The Balaban J connectivity index is 0.000000140. The molecule has 0 saturated heterocycles. The van der Waals surface area contributed by atoms with E-state index >= 15 is 0 Å². The summed E-state index contributed by atoms with van der Waals surface area (Å²) in [5, 5.41) is 7.13. The van der Waals surface area contributed by atoms with Crippen molar-refractivity contribution in [3.8, 4) is 101 Å². The molecule has 13 aromatic carbocycles. The van der Waals surface area contributed by atoms with Crippen LogP contribution >= 0.6 is 18.7 Å². The third kappa shape index (κ3) is 25.1. The van der Waals surface area contributed by atoms with Crippen molar-refractivity contribution in [3.05, 3.63) is 472 Å². The van der Waals surface area contributed by atoms with E-state index in [4.69, 9.17) is 16.4 Å². The molecule has 10 nitrogen and oxygen atoms in total. The summed E-state index contributed by atoms with van der Waals surface area (Å²) in [4.78, 5) is 25.1. The number of aromatic nitrogens is 8. The van der Waals surface area contributed by atoms with Crippen LogP contribution < -0.4 is 8.53 Å². The van der Waals surface area contributed by atoms with Crippen LogP contribution in [0, 0.1) is 66.1 Å². The molecule has 21 rings (SSSR count). The first-order chi connectivity index (χ1) is 64.3. The topological polar surface area (TPSA) is 106 Å². The van der Waals surface area contributed by atoms with Crippen molar-refractivity contribution >= 4 is 96.6 Å². The number of benzene rings is 13. The predicted molar refractivity (Wildman–Crippen MR) is 519 cm³/mol. The van der Waals surface area contributed by atoms with Gasteiger partial charge in [0.25, 0.3) is 0 Å². The molecule has 1 atom stereocenters. The van der Waals surface area contributed by atoms with E-state index in [2.05, 4.69) is 276 Å². The summed E-state index contributed by atoms with van der Waals surface area (Å²) in [5.74, 6) is -2.10. The zero-order valence-electron chi connectivity index (χ0n) is 70.7. The van der Waals surface area contributed by atoms with Crippen LogP contribution in [0.5, 0.6) is 11.5 Å². The van der Waals surface area contributed by atoms with Crippen LogP contribution in [-0.2, 0) is 38.9 Å². The molecule has 0 aliphatic carbocycles. The number of halogens is 7. The summed E-state index contributed by atoms with van der Waals surface area (Å²) in [5.41, 5.74) is 19.8. The minimum absolute atomic E-state index is 0. The first-order valence-corrected chi connectivity index (χ1v) is 46.3. The van der Waals surface area contributed by atoms with Crippen LogP contribution in [0.2, 0.25) is 5.28 Å². The summed E-state index contributed by atoms with van der Waals surface area (Å²) in [6, 6.07) is 132. The number of ether oxygens (including phenoxy) is 1. The van der Waals surface area contributed by atoms with E-state index in [9.17, 15) is 26.3 Å². The Morgan fingerprint density at radius 2 is 0.712 bits per heavy atom. The third-order valence-electron chi connectivity index (χ3n) is 20.3. The van der Waals surface area contributed by atoms with Crippen molar-refractivity contribution in [2.45, 2.75) is 12.2 Å². The molecular formula is C110H78AlBClF6IrN8O2PPt. The van der Waals surface area contributed by atoms with Crippen molar-refractivity contribution in [2.75, 3.05) is 12.7 Å². The van der Waals surface area contributed by atoms with Crippen LogP contribution in [0.4, 0.5) is 26.3 Å². The summed E-state index contributed by atoms with van der Waals surface area (Å²) in [6.07, 6.45) is 8.22. The fourth-order valence-corrected chi connectivity index (χ4v) is 15.0. The first kappa shape index (κ1) is 96.0. The average Bonchev–Trinajstić information content (AvgIpc) is 1.60. The van der Waals surface area contributed by atoms with Gasteiger partial charge in [-0.15, -0.1) is 69.9 Å². The smallest absolute Gasteiger partial charge is 0.309 e. The third-order valence-corrected chi connectivity index (χ3v) is 21.2. The molecule has 8 heterocycles. The Morgan fingerprint density at radius 3 is 1.08 bits per heavy atom. The van der Waals surface area contributed by atoms with E-state index in [1.54, 1.807) is 104 Å². The molecule has 0 amide bonds. The normalized spacial score (nSPS) is 10.4. The van der Waals surface area contributed by atoms with Gasteiger partial charge in [0.1, 0.15) is 11.3 Å². The van der Waals surface area contributed by atoms with Gasteiger partial charge in [-0.3, -0.25) is 36.3 Å². The minimum Gasteiger partial charge on any atom is -0.309 e. The van der Waals surface area contributed by atoms with Gasteiger partial charge in [-0.1, -0.05) is 270 Å². The van der Waals surface area contributed by atoms with Crippen LogP contribution in [-0.4, -0.2) is 75.1 Å². The Hall–Kier alpha value is -13.5. The van der Waals surface area contributed by atoms with Gasteiger partial charge < -0.3 is 32.6 Å². The second-order valence-corrected chi connectivity index (χ2v) is 30.5. The quantitative estimate of drug-likeness (QED) is 0.0329. The van der Waals surface area contributed by atoms with Crippen LogP contribution in [0.25, 0.3) is 144 Å². The van der Waals surface area contributed by atoms with Crippen LogP contribution in [0.3, 0.4) is 0 Å². The van der Waals surface area contributed by atoms with Crippen molar-refractivity contribution in [3.63, 3.8) is 0 Å². The number of hydrogen-bond acceptors (Lipinski definition) is 8. The van der Waals surface area contributed by atoms with Crippen molar-refractivity contribution < 1.29 is 73.7 Å². The molecule has 649 valence electrons. The van der Waals surface area contributed by atoms with Gasteiger partial charge in [0, 0.05) is 121 Å².